The van der Waals surface area contributed by atoms with Crippen LogP contribution in [0.5, 0.6) is 5.75 Å². The third kappa shape index (κ3) is 3.41. The molecule has 9 heteroatoms. The van der Waals surface area contributed by atoms with Crippen LogP contribution >= 0.6 is 11.6 Å². The lowest BCUT2D eigenvalue weighted by molar-refractivity contribution is 0.398. The van der Waals surface area contributed by atoms with Crippen LogP contribution in [0.2, 0.25) is 5.02 Å². The minimum Gasteiger partial charge on any atom is -0.495 e. The van der Waals surface area contributed by atoms with Crippen LogP contribution in [-0.2, 0) is 16.6 Å². The van der Waals surface area contributed by atoms with Gasteiger partial charge in [0.1, 0.15) is 10.6 Å². The largest absolute Gasteiger partial charge is 0.495 e. The van der Waals surface area contributed by atoms with Gasteiger partial charge in [0.15, 0.2) is 0 Å². The van der Waals surface area contributed by atoms with E-state index in [0.29, 0.717) is 5.56 Å². The molecule has 2 rings (SSSR count). The molecule has 21 heavy (non-hydrogen) atoms. The fourth-order valence-electron chi connectivity index (χ4n) is 1.73. The number of sulfonamides is 1. The van der Waals surface area contributed by atoms with Gasteiger partial charge in [-0.05, 0) is 18.2 Å². The van der Waals surface area contributed by atoms with Crippen molar-refractivity contribution in [3.63, 3.8) is 0 Å². The molecule has 1 heterocycles. The Morgan fingerprint density at radius 3 is 2.57 bits per heavy atom. The van der Waals surface area contributed by atoms with E-state index >= 15 is 0 Å². The first-order chi connectivity index (χ1) is 9.97. The average Bonchev–Trinajstić information content (AvgIpc) is 2.46. The van der Waals surface area contributed by atoms with Crippen molar-refractivity contribution in [1.29, 1.82) is 0 Å². The number of hydrogen-bond acceptors (Lipinski definition) is 6. The average molecular weight is 329 g/mol. The maximum absolute atomic E-state index is 12.4. The number of rotatable bonds is 5. The fraction of sp³-hybridized carbons (Fsp3) is 0.167. The molecule has 0 fully saturated rings. The molecule has 0 saturated carbocycles. The van der Waals surface area contributed by atoms with Gasteiger partial charge >= 0.3 is 0 Å². The number of nitrogens with one attached hydrogen (secondary N) is 1. The summed E-state index contributed by atoms with van der Waals surface area (Å²) in [5.74, 6) is 0.0964. The Bertz CT molecular complexity index is 738. The Morgan fingerprint density at radius 2 is 2.00 bits per heavy atom. The maximum Gasteiger partial charge on any atom is 0.267 e. The van der Waals surface area contributed by atoms with E-state index in [0.717, 1.165) is 0 Å². The number of halogens is 1. The molecule has 2 aromatic rings. The number of nitrogens with zero attached hydrogens (tertiary/aromatic N) is 2. The molecule has 7 nitrogen and oxygen atoms in total. The van der Waals surface area contributed by atoms with Crippen LogP contribution in [0.1, 0.15) is 5.56 Å². The fourth-order valence-corrected chi connectivity index (χ4v) is 3.23. The van der Waals surface area contributed by atoms with E-state index in [-0.39, 0.29) is 28.2 Å². The lowest BCUT2D eigenvalue weighted by atomic mass is 10.2. The summed E-state index contributed by atoms with van der Waals surface area (Å²) in [7, 11) is -2.59. The smallest absolute Gasteiger partial charge is 0.267 e. The van der Waals surface area contributed by atoms with Crippen LogP contribution in [0.4, 0.5) is 5.95 Å². The first-order valence-corrected chi connectivity index (χ1v) is 7.70. The van der Waals surface area contributed by atoms with Gasteiger partial charge in [-0.3, -0.25) is 0 Å². The molecule has 112 valence electrons. The van der Waals surface area contributed by atoms with Crippen molar-refractivity contribution in [1.82, 2.24) is 9.97 Å². The van der Waals surface area contributed by atoms with E-state index < -0.39 is 10.0 Å². The predicted molar refractivity (Wildman–Crippen MR) is 78.7 cm³/mol. The highest BCUT2D eigenvalue weighted by Gasteiger charge is 2.23. The van der Waals surface area contributed by atoms with E-state index in [1.165, 1.54) is 25.6 Å². The second kappa shape index (κ2) is 6.25. The Morgan fingerprint density at radius 1 is 1.33 bits per heavy atom. The summed E-state index contributed by atoms with van der Waals surface area (Å²) in [6.45, 7) is 0.0914. The summed E-state index contributed by atoms with van der Waals surface area (Å²) < 4.78 is 32.3. The molecule has 0 spiro atoms. The summed E-state index contributed by atoms with van der Waals surface area (Å²) >= 11 is 5.93. The maximum atomic E-state index is 12.4. The van der Waals surface area contributed by atoms with Gasteiger partial charge in [-0.15, -0.1) is 0 Å². The van der Waals surface area contributed by atoms with Gasteiger partial charge in [-0.1, -0.05) is 11.6 Å². The van der Waals surface area contributed by atoms with Crippen LogP contribution in [0.3, 0.4) is 0 Å². The van der Waals surface area contributed by atoms with E-state index in [2.05, 4.69) is 14.7 Å². The predicted octanol–water partition coefficient (Wildman–Crippen LogP) is 1.40. The van der Waals surface area contributed by atoms with E-state index in [1.54, 1.807) is 12.1 Å². The lowest BCUT2D eigenvalue weighted by Crippen LogP contribution is -2.17. The van der Waals surface area contributed by atoms with Gasteiger partial charge in [-0.2, -0.15) is 0 Å². The zero-order valence-electron chi connectivity index (χ0n) is 11.1. The minimum atomic E-state index is -3.95. The van der Waals surface area contributed by atoms with E-state index in [1.807, 2.05) is 0 Å². The van der Waals surface area contributed by atoms with Crippen LogP contribution in [-0.4, -0.2) is 25.5 Å². The first-order valence-electron chi connectivity index (χ1n) is 5.84. The number of hydrogen-bond donors (Lipinski definition) is 2. The van der Waals surface area contributed by atoms with Crippen molar-refractivity contribution in [2.45, 2.75) is 11.4 Å². The molecule has 0 aliphatic heterocycles. The molecule has 1 aromatic carbocycles. The molecule has 0 amide bonds. The SMILES string of the molecule is COc1c(CN)cc(Cl)cc1S(=O)(=O)Nc1ncccn1. The zero-order valence-corrected chi connectivity index (χ0v) is 12.6. The van der Waals surface area contributed by atoms with Gasteiger partial charge < -0.3 is 10.5 Å². The minimum absolute atomic E-state index is 0.0474. The Balaban J connectivity index is 2.51. The van der Waals surface area contributed by atoms with Crippen molar-refractivity contribution >= 4 is 27.6 Å². The molecule has 0 saturated heterocycles. The van der Waals surface area contributed by atoms with Gasteiger partial charge in [0, 0.05) is 29.5 Å². The monoisotopic (exact) mass is 328 g/mol. The Kier molecular flexibility index (Phi) is 4.61. The number of ether oxygens (including phenoxy) is 1. The third-order valence-corrected chi connectivity index (χ3v) is 4.15. The molecule has 0 radical (unpaired) electrons. The van der Waals surface area contributed by atoms with Gasteiger partial charge in [0.05, 0.1) is 7.11 Å². The van der Waals surface area contributed by atoms with E-state index in [9.17, 15) is 8.42 Å². The molecule has 0 aliphatic carbocycles. The van der Waals surface area contributed by atoms with Crippen molar-refractivity contribution in [3.05, 3.63) is 41.2 Å². The summed E-state index contributed by atoms with van der Waals surface area (Å²) in [4.78, 5) is 7.50. The van der Waals surface area contributed by atoms with Crippen molar-refractivity contribution < 1.29 is 13.2 Å². The standard InChI is InChI=1S/C12H13ClN4O3S/c1-20-11-8(7-14)5-9(13)6-10(11)21(18,19)17-12-15-3-2-4-16-12/h2-6H,7,14H2,1H3,(H,15,16,17). The van der Waals surface area contributed by atoms with Gasteiger partial charge in [-0.25, -0.2) is 23.1 Å². The highest BCUT2D eigenvalue weighted by atomic mass is 35.5. The lowest BCUT2D eigenvalue weighted by Gasteiger charge is -2.14. The number of methoxy groups -OCH3 is 1. The second-order valence-corrected chi connectivity index (χ2v) is 6.07. The summed E-state index contributed by atoms with van der Waals surface area (Å²) in [6, 6.07) is 4.41. The van der Waals surface area contributed by atoms with Gasteiger partial charge in [0.2, 0.25) is 5.95 Å². The zero-order chi connectivity index (χ0) is 15.5. The Hall–Kier alpha value is -1.90. The number of benzene rings is 1. The molecular weight excluding hydrogens is 316 g/mol. The van der Waals surface area contributed by atoms with Crippen molar-refractivity contribution in [2.75, 3.05) is 11.8 Å². The van der Waals surface area contributed by atoms with E-state index in [4.69, 9.17) is 22.1 Å². The third-order valence-electron chi connectivity index (χ3n) is 2.60. The molecule has 0 atom stereocenters. The highest BCUT2D eigenvalue weighted by Crippen LogP contribution is 2.32. The number of anilines is 1. The van der Waals surface area contributed by atoms with Crippen LogP contribution in [0, 0.1) is 0 Å². The summed E-state index contributed by atoms with van der Waals surface area (Å²) in [5.41, 5.74) is 6.07. The molecule has 3 N–H and O–H groups in total. The van der Waals surface area contributed by atoms with Crippen LogP contribution < -0.4 is 15.2 Å². The topological polar surface area (TPSA) is 107 Å². The summed E-state index contributed by atoms with van der Waals surface area (Å²) in [5, 5.41) is 0.241. The number of nitrogens with two attached hydrogens (primary N) is 1. The highest BCUT2D eigenvalue weighted by molar-refractivity contribution is 7.92. The van der Waals surface area contributed by atoms with Gasteiger partial charge in [0.25, 0.3) is 10.0 Å². The second-order valence-electron chi connectivity index (χ2n) is 3.98. The van der Waals surface area contributed by atoms with Crippen LogP contribution in [0.25, 0.3) is 0 Å². The molecular formula is C12H13ClN4O3S. The van der Waals surface area contributed by atoms with Crippen molar-refractivity contribution in [3.8, 4) is 5.75 Å². The molecule has 0 bridgehead atoms. The molecule has 0 aliphatic rings. The van der Waals surface area contributed by atoms with Crippen LogP contribution in [0.15, 0.2) is 35.5 Å². The first kappa shape index (κ1) is 15.5. The summed E-state index contributed by atoms with van der Waals surface area (Å²) in [6.07, 6.45) is 2.84. The molecule has 0 unspecified atom stereocenters. The quantitative estimate of drug-likeness (QED) is 0.859. The molecule has 1 aromatic heterocycles. The normalized spacial score (nSPS) is 11.2. The Labute approximate surface area is 127 Å². The van der Waals surface area contributed by atoms with Crippen molar-refractivity contribution in [2.24, 2.45) is 5.73 Å². The number of aromatic nitrogens is 2.